The molecule has 0 bridgehead atoms. The summed E-state index contributed by atoms with van der Waals surface area (Å²) in [5.41, 5.74) is 1.09. The van der Waals surface area contributed by atoms with Gasteiger partial charge in [-0.15, -0.1) is 10.2 Å². The van der Waals surface area contributed by atoms with Gasteiger partial charge in [0.1, 0.15) is 0 Å². The number of thioether (sulfide) groups is 1. The molecule has 7 heteroatoms. The molecule has 1 aromatic carbocycles. The highest BCUT2D eigenvalue weighted by Crippen LogP contribution is 2.32. The second-order valence-electron chi connectivity index (χ2n) is 5.33. The van der Waals surface area contributed by atoms with Crippen molar-refractivity contribution in [1.29, 1.82) is 0 Å². The molecule has 0 saturated carbocycles. The first-order chi connectivity index (χ1) is 10.1. The summed E-state index contributed by atoms with van der Waals surface area (Å²) in [6, 6.07) is 8.16. The summed E-state index contributed by atoms with van der Waals surface area (Å²) in [6.07, 6.45) is 0. The minimum atomic E-state index is 0.847. The Morgan fingerprint density at radius 3 is 2.86 bits per heavy atom. The van der Waals surface area contributed by atoms with Gasteiger partial charge in [-0.05, 0) is 20.2 Å². The Morgan fingerprint density at radius 1 is 1.29 bits per heavy atom. The van der Waals surface area contributed by atoms with E-state index >= 15 is 0 Å². The van der Waals surface area contributed by atoms with E-state index in [9.17, 15) is 0 Å². The lowest BCUT2D eigenvalue weighted by molar-refractivity contribution is 0.215. The highest BCUT2D eigenvalue weighted by atomic mass is 79.9. The summed E-state index contributed by atoms with van der Waals surface area (Å²) in [5.74, 6) is 1.90. The number of hydrogen-bond donors (Lipinski definition) is 0. The first-order valence-electron chi connectivity index (χ1n) is 6.83. The minimum absolute atomic E-state index is 0.847. The van der Waals surface area contributed by atoms with Gasteiger partial charge in [0.05, 0.1) is 12.5 Å². The molecule has 0 aliphatic carbocycles. The van der Waals surface area contributed by atoms with Crippen LogP contribution in [0.4, 0.5) is 0 Å². The summed E-state index contributed by atoms with van der Waals surface area (Å²) in [4.78, 5) is 4.63. The molecule has 0 radical (unpaired) electrons. The van der Waals surface area contributed by atoms with E-state index in [1.807, 2.05) is 18.2 Å². The Labute approximate surface area is 137 Å². The van der Waals surface area contributed by atoms with Crippen LogP contribution in [0.25, 0.3) is 11.4 Å². The summed E-state index contributed by atoms with van der Waals surface area (Å²) < 4.78 is 3.25. The molecule has 0 unspecified atom stereocenters. The van der Waals surface area contributed by atoms with Crippen LogP contribution in [-0.2, 0) is 6.67 Å². The Kier molecular flexibility index (Phi) is 4.63. The minimum Gasteiger partial charge on any atom is -0.308 e. The highest BCUT2D eigenvalue weighted by molar-refractivity contribution is 9.10. The van der Waals surface area contributed by atoms with Crippen LogP contribution in [0.2, 0.25) is 0 Å². The molecule has 0 spiro atoms. The third kappa shape index (κ3) is 3.31. The summed E-state index contributed by atoms with van der Waals surface area (Å²) in [6.45, 7) is 2.95. The van der Waals surface area contributed by atoms with Crippen molar-refractivity contribution in [2.24, 2.45) is 0 Å². The van der Waals surface area contributed by atoms with Crippen molar-refractivity contribution in [1.82, 2.24) is 24.6 Å². The second-order valence-corrected chi connectivity index (χ2v) is 7.09. The van der Waals surface area contributed by atoms with Gasteiger partial charge in [0.2, 0.25) is 0 Å². The number of benzene rings is 1. The van der Waals surface area contributed by atoms with Crippen LogP contribution < -0.4 is 0 Å². The van der Waals surface area contributed by atoms with E-state index in [4.69, 9.17) is 0 Å². The van der Waals surface area contributed by atoms with Crippen LogP contribution >= 0.6 is 27.7 Å². The van der Waals surface area contributed by atoms with E-state index in [1.165, 1.54) is 0 Å². The zero-order chi connectivity index (χ0) is 14.8. The number of hydrogen-bond acceptors (Lipinski definition) is 5. The van der Waals surface area contributed by atoms with Crippen molar-refractivity contribution in [2.75, 3.05) is 33.1 Å². The predicted octanol–water partition coefficient (Wildman–Crippen LogP) is 2.59. The maximum absolute atomic E-state index is 4.38. The molecule has 1 aliphatic heterocycles. The fourth-order valence-electron chi connectivity index (χ4n) is 2.23. The molecular weight excluding hydrogens is 350 g/mol. The van der Waals surface area contributed by atoms with Gasteiger partial charge < -0.3 is 4.90 Å². The Balaban J connectivity index is 1.84. The van der Waals surface area contributed by atoms with Crippen molar-refractivity contribution in [3.63, 3.8) is 0 Å². The zero-order valence-electron chi connectivity index (χ0n) is 12.2. The number of nitrogens with zero attached hydrogens (tertiary/aromatic N) is 5. The molecule has 2 aromatic rings. The summed E-state index contributed by atoms with van der Waals surface area (Å²) >= 11 is 5.35. The number of rotatable bonds is 4. The van der Waals surface area contributed by atoms with Crippen LogP contribution in [0.3, 0.4) is 0 Å². The van der Waals surface area contributed by atoms with Crippen LogP contribution in [0.5, 0.6) is 0 Å². The first kappa shape index (κ1) is 15.0. The van der Waals surface area contributed by atoms with Crippen LogP contribution in [0.15, 0.2) is 33.9 Å². The van der Waals surface area contributed by atoms with Crippen LogP contribution in [0.1, 0.15) is 0 Å². The molecule has 21 heavy (non-hydrogen) atoms. The summed E-state index contributed by atoms with van der Waals surface area (Å²) in [5, 5.41) is 9.71. The van der Waals surface area contributed by atoms with Crippen molar-refractivity contribution in [2.45, 2.75) is 11.8 Å². The predicted molar refractivity (Wildman–Crippen MR) is 89.1 cm³/mol. The van der Waals surface area contributed by atoms with Crippen molar-refractivity contribution in [3.05, 3.63) is 28.7 Å². The Hall–Kier alpha value is -0.890. The molecule has 112 valence electrons. The standard InChI is InChI=1S/C14H18BrN5S/c1-18(2)7-8-19-9-20-13(16-17-14(20)21-10-19)11-5-3-4-6-12(11)15/h3-6H,7-10H2,1-2H3. The Morgan fingerprint density at radius 2 is 2.10 bits per heavy atom. The average molecular weight is 368 g/mol. The van der Waals surface area contributed by atoms with Gasteiger partial charge in [0.15, 0.2) is 11.0 Å². The second kappa shape index (κ2) is 6.48. The molecule has 0 fully saturated rings. The quantitative estimate of drug-likeness (QED) is 0.829. The van der Waals surface area contributed by atoms with Crippen molar-refractivity contribution in [3.8, 4) is 11.4 Å². The van der Waals surface area contributed by atoms with E-state index in [0.29, 0.717) is 0 Å². The smallest absolute Gasteiger partial charge is 0.193 e. The molecule has 2 heterocycles. The number of fused-ring (bicyclic) bond motifs is 1. The van der Waals surface area contributed by atoms with Gasteiger partial charge >= 0.3 is 0 Å². The SMILES string of the molecule is CN(C)CCN1CSc2nnc(-c3ccccc3Br)n2C1. The van der Waals surface area contributed by atoms with Gasteiger partial charge in [-0.25, -0.2) is 0 Å². The molecule has 3 rings (SSSR count). The molecule has 0 saturated heterocycles. The molecule has 0 atom stereocenters. The molecule has 1 aliphatic rings. The van der Waals surface area contributed by atoms with E-state index in [1.54, 1.807) is 11.8 Å². The van der Waals surface area contributed by atoms with Crippen molar-refractivity contribution < 1.29 is 0 Å². The van der Waals surface area contributed by atoms with Gasteiger partial charge in [-0.1, -0.05) is 45.9 Å². The van der Waals surface area contributed by atoms with Crippen molar-refractivity contribution >= 4 is 27.7 Å². The Bertz CT molecular complexity index is 628. The molecule has 1 aromatic heterocycles. The molecular formula is C14H18BrN5S. The lowest BCUT2D eigenvalue weighted by Gasteiger charge is -2.28. The van der Waals surface area contributed by atoms with E-state index in [2.05, 4.69) is 60.7 Å². The lowest BCUT2D eigenvalue weighted by atomic mass is 10.2. The van der Waals surface area contributed by atoms with Gasteiger partial charge in [-0.2, -0.15) is 0 Å². The average Bonchev–Trinajstić information content (AvgIpc) is 2.88. The summed E-state index contributed by atoms with van der Waals surface area (Å²) in [7, 11) is 4.21. The number of aromatic nitrogens is 3. The fraction of sp³-hybridized carbons (Fsp3) is 0.429. The molecule has 0 amide bonds. The first-order valence-corrected chi connectivity index (χ1v) is 8.61. The maximum Gasteiger partial charge on any atom is 0.193 e. The number of likely N-dealkylation sites (N-methyl/N-ethyl adjacent to an activating group) is 1. The maximum atomic E-state index is 4.38. The lowest BCUT2D eigenvalue weighted by Crippen LogP contribution is -2.35. The van der Waals surface area contributed by atoms with Crippen LogP contribution in [-0.4, -0.2) is 57.6 Å². The fourth-order valence-corrected chi connectivity index (χ4v) is 3.60. The normalized spacial score (nSPS) is 15.4. The van der Waals surface area contributed by atoms with E-state index in [0.717, 1.165) is 46.7 Å². The highest BCUT2D eigenvalue weighted by Gasteiger charge is 2.23. The van der Waals surface area contributed by atoms with Gasteiger partial charge in [0.25, 0.3) is 0 Å². The van der Waals surface area contributed by atoms with Gasteiger partial charge in [0, 0.05) is 23.1 Å². The van der Waals surface area contributed by atoms with Crippen LogP contribution in [0, 0.1) is 0 Å². The molecule has 5 nitrogen and oxygen atoms in total. The molecule has 0 N–H and O–H groups in total. The third-order valence-corrected chi connectivity index (χ3v) is 5.16. The largest absolute Gasteiger partial charge is 0.308 e. The topological polar surface area (TPSA) is 37.2 Å². The third-order valence-electron chi connectivity index (χ3n) is 3.41. The number of halogens is 1. The monoisotopic (exact) mass is 367 g/mol. The van der Waals surface area contributed by atoms with E-state index in [-0.39, 0.29) is 0 Å². The zero-order valence-corrected chi connectivity index (χ0v) is 14.6. The van der Waals surface area contributed by atoms with Gasteiger partial charge in [-0.3, -0.25) is 9.47 Å². The van der Waals surface area contributed by atoms with E-state index < -0.39 is 0 Å².